The van der Waals surface area contributed by atoms with Crippen LogP contribution in [0.3, 0.4) is 0 Å². The van der Waals surface area contributed by atoms with Gasteiger partial charge in [0.05, 0.1) is 11.1 Å². The maximum Gasteiger partial charge on any atom is 0.326 e. The Kier molecular flexibility index (Phi) is 5.45. The maximum absolute atomic E-state index is 13.0. The van der Waals surface area contributed by atoms with Crippen LogP contribution in [0.1, 0.15) is 41.5 Å². The lowest BCUT2D eigenvalue weighted by atomic mass is 10.1. The number of benzene rings is 1. The molecule has 1 aromatic heterocycles. The molecule has 1 aliphatic rings. The van der Waals surface area contributed by atoms with E-state index in [1.165, 1.54) is 18.3 Å². The van der Waals surface area contributed by atoms with Gasteiger partial charge in [0.25, 0.3) is 11.8 Å². The molecule has 0 atom stereocenters. The van der Waals surface area contributed by atoms with Gasteiger partial charge in [0.2, 0.25) is 5.91 Å². The van der Waals surface area contributed by atoms with E-state index in [1.807, 2.05) is 0 Å². The van der Waals surface area contributed by atoms with Gasteiger partial charge in [-0.1, -0.05) is 18.2 Å². The van der Waals surface area contributed by atoms with Crippen molar-refractivity contribution in [3.8, 4) is 0 Å². The van der Waals surface area contributed by atoms with Crippen LogP contribution in [0.15, 0.2) is 48.7 Å². The van der Waals surface area contributed by atoms with Gasteiger partial charge in [0.1, 0.15) is 24.5 Å². The maximum atomic E-state index is 13.0. The first-order chi connectivity index (χ1) is 13.7. The summed E-state index contributed by atoms with van der Waals surface area (Å²) in [4.78, 5) is 56.4. The van der Waals surface area contributed by atoms with Crippen LogP contribution in [-0.2, 0) is 14.3 Å². The number of aromatic nitrogens is 1. The fraction of sp³-hybridized carbons (Fsp3) is 0.286. The third-order valence-electron chi connectivity index (χ3n) is 4.11. The van der Waals surface area contributed by atoms with Crippen LogP contribution in [-0.4, -0.2) is 52.3 Å². The number of anilines is 1. The Hall–Kier alpha value is -3.55. The van der Waals surface area contributed by atoms with Gasteiger partial charge < -0.3 is 4.74 Å². The van der Waals surface area contributed by atoms with Gasteiger partial charge in [0.15, 0.2) is 0 Å². The van der Waals surface area contributed by atoms with Crippen LogP contribution in [0.25, 0.3) is 0 Å². The van der Waals surface area contributed by atoms with E-state index < -0.39 is 42.4 Å². The highest BCUT2D eigenvalue weighted by atomic mass is 16.6. The molecule has 0 saturated heterocycles. The first-order valence-corrected chi connectivity index (χ1v) is 9.06. The minimum absolute atomic E-state index is 0.222. The van der Waals surface area contributed by atoms with Crippen LogP contribution in [0.2, 0.25) is 0 Å². The second-order valence-electron chi connectivity index (χ2n) is 7.50. The number of amides is 3. The number of pyridine rings is 1. The Balaban J connectivity index is 1.81. The van der Waals surface area contributed by atoms with Crippen LogP contribution in [0.4, 0.5) is 5.82 Å². The fourth-order valence-corrected chi connectivity index (χ4v) is 2.92. The predicted octanol–water partition coefficient (Wildman–Crippen LogP) is 2.05. The third-order valence-corrected chi connectivity index (χ3v) is 4.11. The zero-order valence-electron chi connectivity index (χ0n) is 16.4. The molecule has 8 heteroatoms. The SMILES string of the molecule is CC(C)(C)OC(=O)CN(C(=O)CN1C(=O)c2ccccc2C1=O)c1ccccn1. The van der Waals surface area contributed by atoms with Crippen LogP contribution in [0, 0.1) is 0 Å². The number of nitrogens with zero attached hydrogens (tertiary/aromatic N) is 3. The number of hydrogen-bond acceptors (Lipinski definition) is 6. The van der Waals surface area contributed by atoms with Crippen molar-refractivity contribution >= 4 is 29.5 Å². The number of esters is 1. The predicted molar refractivity (Wildman–Crippen MR) is 104 cm³/mol. The number of fused-ring (bicyclic) bond motifs is 1. The van der Waals surface area contributed by atoms with Crippen LogP contribution in [0.5, 0.6) is 0 Å². The number of ether oxygens (including phenoxy) is 1. The van der Waals surface area contributed by atoms with Crippen molar-refractivity contribution in [3.63, 3.8) is 0 Å². The topological polar surface area (TPSA) is 96.9 Å². The van der Waals surface area contributed by atoms with E-state index in [2.05, 4.69) is 4.98 Å². The van der Waals surface area contributed by atoms with E-state index in [4.69, 9.17) is 4.74 Å². The van der Waals surface area contributed by atoms with Crippen molar-refractivity contribution in [2.75, 3.05) is 18.0 Å². The molecule has 0 fully saturated rings. The molecule has 0 radical (unpaired) electrons. The summed E-state index contributed by atoms with van der Waals surface area (Å²) in [6, 6.07) is 11.3. The van der Waals surface area contributed by atoms with Crippen LogP contribution < -0.4 is 4.90 Å². The van der Waals surface area contributed by atoms with Gasteiger partial charge in [-0.15, -0.1) is 0 Å². The largest absolute Gasteiger partial charge is 0.459 e. The average molecular weight is 395 g/mol. The van der Waals surface area contributed by atoms with E-state index >= 15 is 0 Å². The van der Waals surface area contributed by atoms with E-state index in [9.17, 15) is 19.2 Å². The standard InChI is InChI=1S/C21H21N3O5/c1-21(2,3)29-18(26)13-23(16-10-6-7-11-22-16)17(25)12-24-19(27)14-8-4-5-9-15(14)20(24)28/h4-11H,12-13H2,1-3H3. The Bertz CT molecular complexity index is 931. The lowest BCUT2D eigenvalue weighted by molar-refractivity contribution is -0.153. The third kappa shape index (κ3) is 4.48. The summed E-state index contributed by atoms with van der Waals surface area (Å²) in [5.74, 6) is -2.11. The minimum Gasteiger partial charge on any atom is -0.459 e. The minimum atomic E-state index is -0.724. The van der Waals surface area contributed by atoms with Gasteiger partial charge in [0, 0.05) is 6.20 Å². The van der Waals surface area contributed by atoms with E-state index in [0.29, 0.717) is 0 Å². The van der Waals surface area contributed by atoms with Crippen molar-refractivity contribution in [1.29, 1.82) is 0 Å². The average Bonchev–Trinajstić information content (AvgIpc) is 2.90. The van der Waals surface area contributed by atoms with Crippen molar-refractivity contribution < 1.29 is 23.9 Å². The highest BCUT2D eigenvalue weighted by Gasteiger charge is 2.37. The molecule has 3 amide bonds. The molecule has 0 aliphatic carbocycles. The second-order valence-corrected chi connectivity index (χ2v) is 7.50. The van der Waals surface area contributed by atoms with E-state index in [1.54, 1.807) is 51.1 Å². The number of rotatable bonds is 5. The molecule has 150 valence electrons. The molecule has 8 nitrogen and oxygen atoms in total. The summed E-state index contributed by atoms with van der Waals surface area (Å²) in [5, 5.41) is 0. The molecule has 1 aromatic carbocycles. The molecule has 2 aromatic rings. The summed E-state index contributed by atoms with van der Waals surface area (Å²) < 4.78 is 5.29. The van der Waals surface area contributed by atoms with Crippen molar-refractivity contribution in [2.24, 2.45) is 0 Å². The molecule has 2 heterocycles. The zero-order valence-corrected chi connectivity index (χ0v) is 16.4. The molecular weight excluding hydrogens is 374 g/mol. The van der Waals surface area contributed by atoms with E-state index in [-0.39, 0.29) is 16.9 Å². The van der Waals surface area contributed by atoms with Crippen molar-refractivity contribution in [3.05, 3.63) is 59.8 Å². The van der Waals surface area contributed by atoms with Gasteiger partial charge in [-0.2, -0.15) is 0 Å². The quantitative estimate of drug-likeness (QED) is 0.568. The highest BCUT2D eigenvalue weighted by molar-refractivity contribution is 6.22. The molecule has 29 heavy (non-hydrogen) atoms. The van der Waals surface area contributed by atoms with Crippen molar-refractivity contribution in [2.45, 2.75) is 26.4 Å². The van der Waals surface area contributed by atoms with Crippen molar-refractivity contribution in [1.82, 2.24) is 9.88 Å². The van der Waals surface area contributed by atoms with Gasteiger partial charge >= 0.3 is 5.97 Å². The Labute approximate surface area is 168 Å². The number of hydrogen-bond donors (Lipinski definition) is 0. The normalized spacial score (nSPS) is 13.3. The molecular formula is C21H21N3O5. The van der Waals surface area contributed by atoms with Gasteiger partial charge in [-0.25, -0.2) is 4.98 Å². The first kappa shape index (κ1) is 20.2. The fourth-order valence-electron chi connectivity index (χ4n) is 2.92. The molecule has 3 rings (SSSR count). The molecule has 0 bridgehead atoms. The summed E-state index contributed by atoms with van der Waals surface area (Å²) >= 11 is 0. The number of carbonyl (C=O) groups excluding carboxylic acids is 4. The Morgan fingerprint density at radius 3 is 2.10 bits per heavy atom. The second kappa shape index (κ2) is 7.83. The molecule has 0 spiro atoms. The smallest absolute Gasteiger partial charge is 0.326 e. The molecule has 0 unspecified atom stereocenters. The van der Waals surface area contributed by atoms with E-state index in [0.717, 1.165) is 9.80 Å². The monoisotopic (exact) mass is 395 g/mol. The molecule has 0 saturated carbocycles. The lowest BCUT2D eigenvalue weighted by Crippen LogP contribution is -2.46. The zero-order chi connectivity index (χ0) is 21.2. The van der Waals surface area contributed by atoms with Gasteiger partial charge in [-0.05, 0) is 45.0 Å². The Morgan fingerprint density at radius 1 is 1.00 bits per heavy atom. The first-order valence-electron chi connectivity index (χ1n) is 9.06. The van der Waals surface area contributed by atoms with Crippen LogP contribution >= 0.6 is 0 Å². The van der Waals surface area contributed by atoms with Gasteiger partial charge in [-0.3, -0.25) is 29.0 Å². The number of imide groups is 1. The Morgan fingerprint density at radius 2 is 1.59 bits per heavy atom. The molecule has 1 aliphatic heterocycles. The lowest BCUT2D eigenvalue weighted by Gasteiger charge is -2.25. The summed E-state index contributed by atoms with van der Waals surface area (Å²) in [6.07, 6.45) is 1.48. The molecule has 0 N–H and O–H groups in total. The number of carbonyl (C=O) groups is 4. The summed E-state index contributed by atoms with van der Waals surface area (Å²) in [7, 11) is 0. The highest BCUT2D eigenvalue weighted by Crippen LogP contribution is 2.23. The summed E-state index contributed by atoms with van der Waals surface area (Å²) in [6.45, 7) is 4.26. The summed E-state index contributed by atoms with van der Waals surface area (Å²) in [5.41, 5.74) is -0.220.